The van der Waals surface area contributed by atoms with Gasteiger partial charge in [-0.25, -0.2) is 13.9 Å². The lowest BCUT2D eigenvalue weighted by Crippen LogP contribution is -2.41. The number of nitrogens with two attached hydrogens (primary N) is 1. The average molecular weight is 554 g/mol. The molecule has 14 nitrogen and oxygen atoms in total. The predicted molar refractivity (Wildman–Crippen MR) is 131 cm³/mol. The molecule has 2 aromatic heterocycles. The van der Waals surface area contributed by atoms with Crippen LogP contribution in [0.2, 0.25) is 0 Å². The van der Waals surface area contributed by atoms with Crippen molar-refractivity contribution < 1.29 is 42.5 Å². The van der Waals surface area contributed by atoms with Crippen molar-refractivity contribution >= 4 is 30.8 Å². The number of aliphatic hydroxyl groups is 1. The second kappa shape index (κ2) is 10.8. The summed E-state index contributed by atoms with van der Waals surface area (Å²) in [6, 6.07) is 6.60. The quantitative estimate of drug-likeness (QED) is 0.252. The van der Waals surface area contributed by atoms with E-state index in [0.29, 0.717) is 0 Å². The van der Waals surface area contributed by atoms with E-state index in [1.54, 1.807) is 25.1 Å². The Hall–Kier alpha value is -3.36. The van der Waals surface area contributed by atoms with Crippen LogP contribution in [0.25, 0.3) is 11.2 Å². The van der Waals surface area contributed by atoms with Crippen LogP contribution in [0.1, 0.15) is 27.0 Å². The van der Waals surface area contributed by atoms with Gasteiger partial charge < -0.3 is 29.9 Å². The molecule has 1 fully saturated rings. The molecule has 38 heavy (non-hydrogen) atoms. The third-order valence-corrected chi connectivity index (χ3v) is 7.40. The van der Waals surface area contributed by atoms with Crippen LogP contribution in [-0.4, -0.2) is 72.8 Å². The van der Waals surface area contributed by atoms with E-state index in [-0.39, 0.29) is 35.3 Å². The van der Waals surface area contributed by atoms with Gasteiger partial charge in [-0.2, -0.15) is 15.1 Å². The lowest BCUT2D eigenvalue weighted by Gasteiger charge is -2.25. The first-order valence-electron chi connectivity index (χ1n) is 11.6. The number of carboxylic acid groups (broad SMARTS) is 1. The molecule has 0 bridgehead atoms. The van der Waals surface area contributed by atoms with Crippen LogP contribution in [0.5, 0.6) is 11.6 Å². The molecular weight excluding hydrogens is 526 g/mol. The molecule has 0 saturated carbocycles. The second-order valence-electron chi connectivity index (χ2n) is 8.65. The molecule has 1 saturated heterocycles. The van der Waals surface area contributed by atoms with Crippen LogP contribution < -0.4 is 20.1 Å². The number of fused-ring (bicyclic) bond motifs is 1. The maximum atomic E-state index is 15.9. The summed E-state index contributed by atoms with van der Waals surface area (Å²) in [5, 5.41) is 22.3. The summed E-state index contributed by atoms with van der Waals surface area (Å²) in [4.78, 5) is 23.7. The number of aromatic nitrogens is 4. The zero-order valence-electron chi connectivity index (χ0n) is 20.7. The van der Waals surface area contributed by atoms with Gasteiger partial charge in [0.2, 0.25) is 11.8 Å². The number of rotatable bonds is 11. The van der Waals surface area contributed by atoms with E-state index in [9.17, 15) is 19.6 Å². The molecule has 0 radical (unpaired) electrons. The van der Waals surface area contributed by atoms with Crippen LogP contribution in [0.15, 0.2) is 36.7 Å². The highest BCUT2D eigenvalue weighted by Crippen LogP contribution is 2.48. The number of ether oxygens (including phenoxy) is 2. The van der Waals surface area contributed by atoms with Crippen molar-refractivity contribution in [3.05, 3.63) is 36.7 Å². The Morgan fingerprint density at radius 2 is 2.08 bits per heavy atom. The van der Waals surface area contributed by atoms with Crippen LogP contribution in [-0.2, 0) is 18.6 Å². The Balaban J connectivity index is 1.58. The first kappa shape index (κ1) is 27.7. The minimum atomic E-state index is -4.33. The number of carboxylic acids is 1. The summed E-state index contributed by atoms with van der Waals surface area (Å²) in [5.41, 5.74) is 3.71. The minimum Gasteiger partial charge on any atom is -0.480 e. The lowest BCUT2D eigenvalue weighted by atomic mass is 9.98. The minimum absolute atomic E-state index is 0.102. The largest absolute Gasteiger partial charge is 0.480 e. The molecule has 1 aromatic carbocycles. The van der Waals surface area contributed by atoms with E-state index in [1.165, 1.54) is 30.0 Å². The van der Waals surface area contributed by atoms with Gasteiger partial charge in [0.25, 0.3) is 0 Å². The highest BCUT2D eigenvalue weighted by atomic mass is 31.2. The number of alkyl halides is 1. The normalized spacial score (nSPS) is 25.7. The first-order valence-corrected chi connectivity index (χ1v) is 13.1. The fourth-order valence-corrected chi connectivity index (χ4v) is 5.35. The number of carbonyl (C=O) groups is 1. The van der Waals surface area contributed by atoms with Gasteiger partial charge in [-0.15, -0.1) is 0 Å². The van der Waals surface area contributed by atoms with Gasteiger partial charge in [-0.1, -0.05) is 18.2 Å². The Bertz CT molecular complexity index is 1340. The fraction of sp³-hybridized carbons (Fsp3) is 0.455. The Labute approximate surface area is 216 Å². The highest BCUT2D eigenvalue weighted by molar-refractivity contribution is 7.52. The molecule has 0 spiro atoms. The Morgan fingerprint density at radius 3 is 2.74 bits per heavy atom. The van der Waals surface area contributed by atoms with Gasteiger partial charge in [0, 0.05) is 0 Å². The molecule has 0 aliphatic carbocycles. The molecule has 4 rings (SSSR count). The number of hydrogen-bond acceptors (Lipinski definition) is 11. The Morgan fingerprint density at radius 1 is 1.37 bits per heavy atom. The number of para-hydroxylation sites is 1. The number of aliphatic hydroxyl groups excluding tert-OH is 1. The van der Waals surface area contributed by atoms with Crippen LogP contribution in [0, 0.1) is 0 Å². The molecule has 1 aliphatic heterocycles. The summed E-state index contributed by atoms with van der Waals surface area (Å²) in [6.45, 7) is 3.77. The van der Waals surface area contributed by atoms with E-state index < -0.39 is 50.5 Å². The molecule has 1 aliphatic rings. The zero-order valence-corrected chi connectivity index (χ0v) is 21.6. The summed E-state index contributed by atoms with van der Waals surface area (Å²) >= 11 is 0. The smallest absolute Gasteiger partial charge is 0.459 e. The van der Waals surface area contributed by atoms with Crippen LogP contribution in [0.3, 0.4) is 0 Å². The molecule has 206 valence electrons. The summed E-state index contributed by atoms with van der Waals surface area (Å²) in [5.74, 6) is -1.21. The summed E-state index contributed by atoms with van der Waals surface area (Å²) in [6.07, 6.45) is -3.29. The number of anilines is 1. The first-order chi connectivity index (χ1) is 17.9. The van der Waals surface area contributed by atoms with Gasteiger partial charge in [0.05, 0.1) is 19.5 Å². The third-order valence-electron chi connectivity index (χ3n) is 5.76. The number of benzene rings is 1. The molecule has 5 N–H and O–H groups in total. The molecule has 3 aromatic rings. The van der Waals surface area contributed by atoms with Gasteiger partial charge in [-0.3, -0.25) is 13.9 Å². The van der Waals surface area contributed by atoms with E-state index >= 15 is 4.39 Å². The molecule has 6 atom stereocenters. The van der Waals surface area contributed by atoms with Crippen molar-refractivity contribution in [2.24, 2.45) is 0 Å². The van der Waals surface area contributed by atoms with Crippen molar-refractivity contribution in [1.82, 2.24) is 24.6 Å². The molecule has 0 amide bonds. The number of nitrogen functional groups attached to an aromatic ring is 1. The summed E-state index contributed by atoms with van der Waals surface area (Å²) in [7, 11) is -4.33. The van der Waals surface area contributed by atoms with E-state index in [0.717, 1.165) is 6.92 Å². The maximum absolute atomic E-state index is 15.9. The standard InChI is InChI=1S/C22H28FN6O8P/c1-4-34-18-15-17(26-21(24)27-18)29(11-25-15)20-22(3,23)16(30)14(36-20)10-35-38(33,28-12(2)19(31)32)37-13-8-6-5-7-9-13/h5-9,11-12,14,16,20,30H,4,10H2,1-3H3,(H,28,33)(H,31,32)(H2,24,26,27)/t12?,14?,16-,20-,22-,38+/m1/s1. The predicted octanol–water partition coefficient (Wildman–Crippen LogP) is 2.06. The van der Waals surface area contributed by atoms with Crippen molar-refractivity contribution in [1.29, 1.82) is 0 Å². The van der Waals surface area contributed by atoms with Crippen LogP contribution >= 0.6 is 7.75 Å². The van der Waals surface area contributed by atoms with Gasteiger partial charge in [0.15, 0.2) is 23.1 Å². The maximum Gasteiger partial charge on any atom is 0.459 e. The number of aliphatic carboxylic acids is 1. The monoisotopic (exact) mass is 554 g/mol. The second-order valence-corrected chi connectivity index (χ2v) is 10.3. The zero-order chi connectivity index (χ0) is 27.7. The fourth-order valence-electron chi connectivity index (χ4n) is 3.84. The van der Waals surface area contributed by atoms with Gasteiger partial charge in [-0.05, 0) is 32.9 Å². The number of imidazole rings is 1. The number of nitrogens with one attached hydrogen (secondary N) is 1. The Kier molecular flexibility index (Phi) is 7.85. The van der Waals surface area contributed by atoms with Gasteiger partial charge >= 0.3 is 13.7 Å². The molecule has 3 heterocycles. The van der Waals surface area contributed by atoms with Crippen molar-refractivity contribution in [3.63, 3.8) is 0 Å². The van der Waals surface area contributed by atoms with Crippen LogP contribution in [0.4, 0.5) is 10.3 Å². The molecular formula is C22H28FN6O8P. The SMILES string of the molecule is CCOc1nc(N)nc2c1ncn2[C@@H]1OC(CO[P@@](=O)(NC(C)C(=O)O)Oc2ccccc2)[C@@H](O)[C@@]1(C)F. The van der Waals surface area contributed by atoms with E-state index in [1.807, 2.05) is 0 Å². The number of hydrogen-bond donors (Lipinski definition) is 4. The molecule has 2 unspecified atom stereocenters. The van der Waals surface area contributed by atoms with Crippen molar-refractivity contribution in [2.75, 3.05) is 18.9 Å². The average Bonchev–Trinajstić information content (AvgIpc) is 3.36. The van der Waals surface area contributed by atoms with E-state index in [2.05, 4.69) is 20.0 Å². The number of nitrogens with zero attached hydrogens (tertiary/aromatic N) is 4. The summed E-state index contributed by atoms with van der Waals surface area (Å²) < 4.78 is 52.7. The topological polar surface area (TPSA) is 193 Å². The highest BCUT2D eigenvalue weighted by Gasteiger charge is 2.56. The van der Waals surface area contributed by atoms with Gasteiger partial charge in [0.1, 0.15) is 24.0 Å². The van der Waals surface area contributed by atoms with Crippen molar-refractivity contribution in [2.45, 2.75) is 50.9 Å². The lowest BCUT2D eigenvalue weighted by molar-refractivity contribution is -0.138. The third kappa shape index (κ3) is 5.56. The molecule has 16 heteroatoms. The van der Waals surface area contributed by atoms with E-state index in [4.69, 9.17) is 24.3 Å². The number of halogens is 1. The van der Waals surface area contributed by atoms with Crippen molar-refractivity contribution in [3.8, 4) is 11.6 Å².